The van der Waals surface area contributed by atoms with Gasteiger partial charge in [-0.3, -0.25) is 9.59 Å². The molecular formula is C25H33N5O4. The summed E-state index contributed by atoms with van der Waals surface area (Å²) in [5.41, 5.74) is 3.59. The number of piperidine rings is 1. The van der Waals surface area contributed by atoms with Gasteiger partial charge in [-0.2, -0.15) is 0 Å². The number of fused-ring (bicyclic) bond motifs is 2. The topological polar surface area (TPSA) is 119 Å². The predicted molar refractivity (Wildman–Crippen MR) is 129 cm³/mol. The molecule has 182 valence electrons. The zero-order chi connectivity index (χ0) is 24.0. The molecule has 2 aliphatic heterocycles. The number of aliphatic hydroxyl groups excluding tert-OH is 1. The molecule has 1 aromatic carbocycles. The van der Waals surface area contributed by atoms with Crippen molar-refractivity contribution in [3.05, 3.63) is 41.6 Å². The number of piperazine rings is 1. The first kappa shape index (κ1) is 24.1. The van der Waals surface area contributed by atoms with E-state index in [0.29, 0.717) is 13.1 Å². The van der Waals surface area contributed by atoms with Crippen LogP contribution < -0.4 is 10.2 Å². The molecule has 2 fully saturated rings. The average Bonchev–Trinajstić information content (AvgIpc) is 3.22. The van der Waals surface area contributed by atoms with Crippen molar-refractivity contribution in [2.24, 2.45) is 0 Å². The molecule has 1 aromatic heterocycles. The molecule has 2 saturated heterocycles. The van der Waals surface area contributed by atoms with Crippen molar-refractivity contribution in [1.82, 2.24) is 20.2 Å². The van der Waals surface area contributed by atoms with Crippen LogP contribution in [-0.2, 0) is 21.4 Å². The van der Waals surface area contributed by atoms with Crippen molar-refractivity contribution in [1.29, 1.82) is 0 Å². The summed E-state index contributed by atoms with van der Waals surface area (Å²) in [6, 6.07) is 10.2. The summed E-state index contributed by atoms with van der Waals surface area (Å²) in [6.07, 6.45) is 5.11. The lowest BCUT2D eigenvalue weighted by Crippen LogP contribution is -2.48. The highest BCUT2D eigenvalue weighted by Gasteiger charge is 2.44. The van der Waals surface area contributed by atoms with Gasteiger partial charge in [0.15, 0.2) is 5.82 Å². The maximum atomic E-state index is 12.1. The van der Waals surface area contributed by atoms with E-state index >= 15 is 0 Å². The fourth-order valence-corrected chi connectivity index (χ4v) is 5.41. The number of rotatable bonds is 5. The Morgan fingerprint density at radius 2 is 1.82 bits per heavy atom. The maximum absolute atomic E-state index is 12.1. The molecule has 3 aliphatic rings. The first-order valence-corrected chi connectivity index (χ1v) is 12.0. The van der Waals surface area contributed by atoms with Crippen molar-refractivity contribution in [3.8, 4) is 11.4 Å². The number of carboxylic acid groups (broad SMARTS) is 1. The van der Waals surface area contributed by atoms with E-state index in [0.717, 1.165) is 75.5 Å². The van der Waals surface area contributed by atoms with Crippen LogP contribution in [0.3, 0.4) is 0 Å². The van der Waals surface area contributed by atoms with Gasteiger partial charge in [-0.1, -0.05) is 30.3 Å². The summed E-state index contributed by atoms with van der Waals surface area (Å²) < 4.78 is 0. The Morgan fingerprint density at radius 3 is 2.50 bits per heavy atom. The zero-order valence-electron chi connectivity index (χ0n) is 19.4. The molecule has 34 heavy (non-hydrogen) atoms. The van der Waals surface area contributed by atoms with Crippen LogP contribution >= 0.6 is 0 Å². The summed E-state index contributed by atoms with van der Waals surface area (Å²) in [4.78, 5) is 35.2. The normalized spacial score (nSPS) is 19.2. The molecule has 3 N–H and O–H groups in total. The summed E-state index contributed by atoms with van der Waals surface area (Å²) in [5, 5.41) is 19.0. The number of nitrogens with one attached hydrogen (secondary N) is 1. The summed E-state index contributed by atoms with van der Waals surface area (Å²) in [6.45, 7) is 4.86. The summed E-state index contributed by atoms with van der Waals surface area (Å²) in [5.74, 6) is 1.78. The molecule has 0 saturated carbocycles. The summed E-state index contributed by atoms with van der Waals surface area (Å²) >= 11 is 0. The number of hydrogen-bond donors (Lipinski definition) is 3. The molecule has 3 heterocycles. The third kappa shape index (κ3) is 5.05. The number of carbonyl (C=O) groups excluding carboxylic acids is 1. The first-order chi connectivity index (χ1) is 16.6. The fraction of sp³-hybridized carbons (Fsp3) is 0.520. The van der Waals surface area contributed by atoms with E-state index < -0.39 is 0 Å². The van der Waals surface area contributed by atoms with E-state index in [4.69, 9.17) is 25.0 Å². The van der Waals surface area contributed by atoms with Gasteiger partial charge in [0.2, 0.25) is 5.91 Å². The van der Waals surface area contributed by atoms with Gasteiger partial charge in [-0.05, 0) is 45.2 Å². The molecule has 0 atom stereocenters. The Balaban J connectivity index is 0.000000868. The Kier molecular flexibility index (Phi) is 7.74. The van der Waals surface area contributed by atoms with Crippen molar-refractivity contribution in [3.63, 3.8) is 0 Å². The van der Waals surface area contributed by atoms with E-state index in [2.05, 4.69) is 27.2 Å². The van der Waals surface area contributed by atoms with Crippen molar-refractivity contribution < 1.29 is 19.8 Å². The molecule has 1 spiro atoms. The number of anilines is 1. The maximum Gasteiger partial charge on any atom is 0.290 e. The van der Waals surface area contributed by atoms with Gasteiger partial charge in [-0.15, -0.1) is 0 Å². The van der Waals surface area contributed by atoms with Gasteiger partial charge in [0, 0.05) is 42.8 Å². The van der Waals surface area contributed by atoms with Crippen LogP contribution in [0, 0.1) is 0 Å². The predicted octanol–water partition coefficient (Wildman–Crippen LogP) is 1.44. The number of likely N-dealkylation sites (tertiary alicyclic amines) is 1. The van der Waals surface area contributed by atoms with E-state index in [9.17, 15) is 4.79 Å². The minimum Gasteiger partial charge on any atom is -0.483 e. The number of carbonyl (C=O) groups is 2. The molecule has 0 radical (unpaired) electrons. The highest BCUT2D eigenvalue weighted by molar-refractivity contribution is 5.83. The molecule has 2 aromatic rings. The number of nitrogens with zero attached hydrogens (tertiary/aromatic N) is 4. The van der Waals surface area contributed by atoms with Gasteiger partial charge in [0.25, 0.3) is 6.47 Å². The van der Waals surface area contributed by atoms with E-state index in [1.54, 1.807) is 0 Å². The van der Waals surface area contributed by atoms with Crippen LogP contribution in [0.15, 0.2) is 30.3 Å². The van der Waals surface area contributed by atoms with E-state index in [1.807, 2.05) is 18.2 Å². The van der Waals surface area contributed by atoms with Crippen LogP contribution in [-0.4, -0.2) is 83.3 Å². The smallest absolute Gasteiger partial charge is 0.290 e. The minimum atomic E-state index is -0.250. The molecular weight excluding hydrogens is 434 g/mol. The molecule has 5 rings (SSSR count). The Labute approximate surface area is 199 Å². The van der Waals surface area contributed by atoms with Crippen LogP contribution in [0.25, 0.3) is 11.4 Å². The third-order valence-corrected chi connectivity index (χ3v) is 7.16. The number of amides is 1. The largest absolute Gasteiger partial charge is 0.483 e. The highest BCUT2D eigenvalue weighted by Crippen LogP contribution is 2.48. The van der Waals surface area contributed by atoms with Crippen LogP contribution in [0.4, 0.5) is 5.82 Å². The fourth-order valence-electron chi connectivity index (χ4n) is 5.41. The lowest BCUT2D eigenvalue weighted by molar-refractivity contribution is -0.123. The Bertz CT molecular complexity index is 992. The van der Waals surface area contributed by atoms with Gasteiger partial charge in [0.1, 0.15) is 5.82 Å². The first-order valence-electron chi connectivity index (χ1n) is 12.0. The zero-order valence-corrected chi connectivity index (χ0v) is 19.4. The lowest BCUT2D eigenvalue weighted by Gasteiger charge is -2.39. The Morgan fingerprint density at radius 1 is 1.09 bits per heavy atom. The summed E-state index contributed by atoms with van der Waals surface area (Å²) in [7, 11) is 0. The van der Waals surface area contributed by atoms with Crippen molar-refractivity contribution in [2.75, 3.05) is 50.8 Å². The second-order valence-electron chi connectivity index (χ2n) is 9.14. The van der Waals surface area contributed by atoms with Crippen LogP contribution in [0.5, 0.6) is 0 Å². The monoisotopic (exact) mass is 467 g/mol. The van der Waals surface area contributed by atoms with E-state index in [1.165, 1.54) is 11.3 Å². The molecule has 9 nitrogen and oxygen atoms in total. The lowest BCUT2D eigenvalue weighted by atomic mass is 9.76. The number of hydrogen-bond acceptors (Lipinski definition) is 7. The van der Waals surface area contributed by atoms with E-state index in [-0.39, 0.29) is 24.4 Å². The number of benzene rings is 1. The number of aliphatic hydroxyl groups is 1. The van der Waals surface area contributed by atoms with Gasteiger partial charge < -0.3 is 25.3 Å². The highest BCUT2D eigenvalue weighted by atomic mass is 16.3. The molecule has 1 aliphatic carbocycles. The van der Waals surface area contributed by atoms with Gasteiger partial charge in [-0.25, -0.2) is 9.97 Å². The molecule has 0 unspecified atom stereocenters. The standard InChI is InChI=1S/C24H31N5O2.CH2O2/c30-16-4-12-28-13-9-24(10-14-28)8-7-19-21(24)26-22(18-5-2-1-3-6-18)27-23(19)29-15-11-25-20(31)17-29;2-1-3/h1-3,5-6,30H,4,7-17H2,(H,25,31);1H,(H,2,3). The second kappa shape index (κ2) is 10.9. The SMILES string of the molecule is O=C1CN(c2nc(-c3ccccc3)nc3c2CCC32CCN(CCCO)CC2)CCN1.O=CO. The molecule has 1 amide bonds. The van der Waals surface area contributed by atoms with Crippen LogP contribution in [0.1, 0.15) is 36.9 Å². The number of aromatic nitrogens is 2. The van der Waals surface area contributed by atoms with Gasteiger partial charge in [0.05, 0.1) is 12.2 Å². The molecule has 0 bridgehead atoms. The average molecular weight is 468 g/mol. The van der Waals surface area contributed by atoms with Gasteiger partial charge >= 0.3 is 0 Å². The minimum absolute atomic E-state index is 0.0600. The van der Waals surface area contributed by atoms with Crippen molar-refractivity contribution in [2.45, 2.75) is 37.5 Å². The van der Waals surface area contributed by atoms with Crippen LogP contribution in [0.2, 0.25) is 0 Å². The Hall–Kier alpha value is -3.04. The quantitative estimate of drug-likeness (QED) is 0.566. The van der Waals surface area contributed by atoms with Crippen molar-refractivity contribution >= 4 is 18.2 Å². The molecule has 9 heteroatoms. The second-order valence-corrected chi connectivity index (χ2v) is 9.14. The third-order valence-electron chi connectivity index (χ3n) is 7.16.